The maximum Gasteiger partial charge on any atom is 0.150 e. The molecule has 1 aliphatic heterocycles. The number of benzene rings is 1. The second-order valence-electron chi connectivity index (χ2n) is 4.74. The molecule has 1 aromatic carbocycles. The van der Waals surface area contributed by atoms with Crippen LogP contribution in [0.5, 0.6) is 0 Å². The van der Waals surface area contributed by atoms with Gasteiger partial charge < -0.3 is 10.2 Å². The number of hydrogen-bond acceptors (Lipinski definition) is 2. The third kappa shape index (κ3) is 2.67. The van der Waals surface area contributed by atoms with Crippen molar-refractivity contribution in [3.05, 3.63) is 28.2 Å². The molecule has 2 nitrogen and oxygen atoms in total. The van der Waals surface area contributed by atoms with Crippen molar-refractivity contribution in [3.63, 3.8) is 0 Å². The van der Waals surface area contributed by atoms with E-state index in [0.29, 0.717) is 16.2 Å². The lowest BCUT2D eigenvalue weighted by molar-refractivity contribution is 0.397. The van der Waals surface area contributed by atoms with Crippen molar-refractivity contribution in [2.45, 2.75) is 32.4 Å². The summed E-state index contributed by atoms with van der Waals surface area (Å²) in [6, 6.07) is 2.79. The Kier molecular flexibility index (Phi) is 4.22. The molecule has 1 fully saturated rings. The number of hydrogen-bond donors (Lipinski definition) is 1. The van der Waals surface area contributed by atoms with Crippen LogP contribution in [-0.4, -0.2) is 25.2 Å². The van der Waals surface area contributed by atoms with E-state index in [1.54, 1.807) is 0 Å². The van der Waals surface area contributed by atoms with Crippen LogP contribution in [0.15, 0.2) is 16.6 Å². The minimum atomic E-state index is -0.556. The molecule has 1 aliphatic rings. The lowest BCUT2D eigenvalue weighted by atomic mass is 10.1. The molecule has 0 bridgehead atoms. The highest BCUT2D eigenvalue weighted by Gasteiger charge is 2.28. The smallest absolute Gasteiger partial charge is 0.150 e. The number of piperazine rings is 1. The minimum Gasteiger partial charge on any atom is -0.362 e. The average molecular weight is 319 g/mol. The third-order valence-corrected chi connectivity index (χ3v) is 3.96. The Bertz CT molecular complexity index is 416. The van der Waals surface area contributed by atoms with Crippen LogP contribution in [0.2, 0.25) is 0 Å². The van der Waals surface area contributed by atoms with E-state index in [2.05, 4.69) is 35.1 Å². The fourth-order valence-corrected chi connectivity index (χ4v) is 3.04. The topological polar surface area (TPSA) is 15.3 Å². The summed E-state index contributed by atoms with van der Waals surface area (Å²) in [5, 5.41) is 3.38. The molecular weight excluding hydrogens is 302 g/mol. The molecule has 0 aliphatic carbocycles. The first kappa shape index (κ1) is 13.7. The van der Waals surface area contributed by atoms with Crippen LogP contribution in [0.1, 0.15) is 20.3 Å². The van der Waals surface area contributed by atoms with E-state index < -0.39 is 11.6 Å². The first-order valence-electron chi connectivity index (χ1n) is 6.17. The van der Waals surface area contributed by atoms with E-state index in [0.717, 1.165) is 25.6 Å². The van der Waals surface area contributed by atoms with Gasteiger partial charge in [-0.2, -0.15) is 0 Å². The van der Waals surface area contributed by atoms with E-state index in [1.165, 1.54) is 6.07 Å². The summed E-state index contributed by atoms with van der Waals surface area (Å²) in [5.41, 5.74) is 0.469. The van der Waals surface area contributed by atoms with Crippen molar-refractivity contribution < 1.29 is 8.78 Å². The number of rotatable bonds is 2. The van der Waals surface area contributed by atoms with E-state index in [4.69, 9.17) is 0 Å². The first-order valence-corrected chi connectivity index (χ1v) is 6.96. The predicted molar refractivity (Wildman–Crippen MR) is 72.9 cm³/mol. The lowest BCUT2D eigenvalue weighted by Crippen LogP contribution is -2.55. The molecule has 18 heavy (non-hydrogen) atoms. The normalized spacial score (nSPS) is 24.4. The molecule has 1 N–H and O–H groups in total. The molecule has 0 amide bonds. The molecule has 2 unspecified atom stereocenters. The van der Waals surface area contributed by atoms with Gasteiger partial charge in [0.25, 0.3) is 0 Å². The molecule has 0 saturated carbocycles. The first-order chi connectivity index (χ1) is 8.52. The summed E-state index contributed by atoms with van der Waals surface area (Å²) in [6.07, 6.45) is 0.920. The Morgan fingerprint density at radius 2 is 2.17 bits per heavy atom. The average Bonchev–Trinajstić information content (AvgIpc) is 2.28. The maximum absolute atomic E-state index is 14.0. The molecule has 0 aromatic heterocycles. The van der Waals surface area contributed by atoms with Crippen molar-refractivity contribution in [2.75, 3.05) is 18.0 Å². The van der Waals surface area contributed by atoms with Crippen LogP contribution in [0.3, 0.4) is 0 Å². The summed E-state index contributed by atoms with van der Waals surface area (Å²) in [4.78, 5) is 2.03. The third-order valence-electron chi connectivity index (χ3n) is 3.35. The van der Waals surface area contributed by atoms with Gasteiger partial charge in [0.05, 0.1) is 5.69 Å². The van der Waals surface area contributed by atoms with Gasteiger partial charge >= 0.3 is 0 Å². The number of nitrogens with zero attached hydrogens (tertiary/aromatic N) is 1. The van der Waals surface area contributed by atoms with Crippen molar-refractivity contribution in [2.24, 2.45) is 0 Å². The van der Waals surface area contributed by atoms with Crippen molar-refractivity contribution in [3.8, 4) is 0 Å². The second-order valence-corrected chi connectivity index (χ2v) is 5.60. The molecule has 2 atom stereocenters. The molecule has 0 spiro atoms. The fourth-order valence-electron chi connectivity index (χ4n) is 2.40. The molecule has 0 radical (unpaired) electrons. The van der Waals surface area contributed by atoms with Gasteiger partial charge in [-0.25, -0.2) is 8.78 Å². The Morgan fingerprint density at radius 3 is 2.78 bits per heavy atom. The Labute approximate surface area is 114 Å². The van der Waals surface area contributed by atoms with Crippen LogP contribution in [0.25, 0.3) is 0 Å². The highest BCUT2D eigenvalue weighted by Crippen LogP contribution is 2.33. The van der Waals surface area contributed by atoms with Gasteiger partial charge in [0.15, 0.2) is 5.82 Å². The van der Waals surface area contributed by atoms with Crippen LogP contribution in [-0.2, 0) is 0 Å². The second kappa shape index (κ2) is 5.53. The van der Waals surface area contributed by atoms with Crippen molar-refractivity contribution in [1.82, 2.24) is 5.32 Å². The standard InChI is InChI=1S/C13H17BrF2N2/c1-3-10-6-17-8(2)7-18(10)13-11(14)4-9(15)5-12(13)16/h4-5,8,10,17H,3,6-7H2,1-2H3. The summed E-state index contributed by atoms with van der Waals surface area (Å²) in [7, 11) is 0. The van der Waals surface area contributed by atoms with Gasteiger partial charge in [0, 0.05) is 35.7 Å². The zero-order valence-electron chi connectivity index (χ0n) is 10.5. The van der Waals surface area contributed by atoms with Crippen LogP contribution < -0.4 is 10.2 Å². The minimum absolute atomic E-state index is 0.234. The van der Waals surface area contributed by atoms with Crippen molar-refractivity contribution >= 4 is 21.6 Å². The maximum atomic E-state index is 14.0. The van der Waals surface area contributed by atoms with Crippen LogP contribution >= 0.6 is 15.9 Å². The number of halogens is 3. The van der Waals surface area contributed by atoms with Crippen molar-refractivity contribution in [1.29, 1.82) is 0 Å². The van der Waals surface area contributed by atoms with Gasteiger partial charge in [-0.15, -0.1) is 0 Å². The van der Waals surface area contributed by atoms with Crippen LogP contribution in [0, 0.1) is 11.6 Å². The summed E-state index contributed by atoms with van der Waals surface area (Å²) in [6.45, 7) is 5.68. The zero-order valence-corrected chi connectivity index (χ0v) is 12.1. The van der Waals surface area contributed by atoms with E-state index in [-0.39, 0.29) is 6.04 Å². The summed E-state index contributed by atoms with van der Waals surface area (Å²) in [5.74, 6) is -1.06. The zero-order chi connectivity index (χ0) is 13.3. The number of anilines is 1. The van der Waals surface area contributed by atoms with E-state index >= 15 is 0 Å². The van der Waals surface area contributed by atoms with Gasteiger partial charge in [-0.1, -0.05) is 6.92 Å². The summed E-state index contributed by atoms with van der Waals surface area (Å²) >= 11 is 3.27. The highest BCUT2D eigenvalue weighted by molar-refractivity contribution is 9.10. The molecule has 1 aromatic rings. The molecule has 2 rings (SSSR count). The Balaban J connectivity index is 2.39. The molecule has 1 heterocycles. The van der Waals surface area contributed by atoms with Gasteiger partial charge in [-0.05, 0) is 35.3 Å². The predicted octanol–water partition coefficient (Wildman–Crippen LogP) is 3.30. The SMILES string of the molecule is CCC1CNC(C)CN1c1c(F)cc(F)cc1Br. The largest absolute Gasteiger partial charge is 0.362 e. The lowest BCUT2D eigenvalue weighted by Gasteiger charge is -2.41. The Morgan fingerprint density at radius 1 is 1.44 bits per heavy atom. The van der Waals surface area contributed by atoms with Gasteiger partial charge in [0.1, 0.15) is 5.82 Å². The Hall–Kier alpha value is -0.680. The van der Waals surface area contributed by atoms with E-state index in [9.17, 15) is 8.78 Å². The molecule has 5 heteroatoms. The fraction of sp³-hybridized carbons (Fsp3) is 0.538. The molecular formula is C13H17BrF2N2. The monoisotopic (exact) mass is 318 g/mol. The highest BCUT2D eigenvalue weighted by atomic mass is 79.9. The van der Waals surface area contributed by atoms with Gasteiger partial charge in [0.2, 0.25) is 0 Å². The van der Waals surface area contributed by atoms with Crippen LogP contribution in [0.4, 0.5) is 14.5 Å². The molecule has 1 saturated heterocycles. The van der Waals surface area contributed by atoms with Gasteiger partial charge in [-0.3, -0.25) is 0 Å². The summed E-state index contributed by atoms with van der Waals surface area (Å²) < 4.78 is 27.6. The van der Waals surface area contributed by atoms with E-state index in [1.807, 2.05) is 4.90 Å². The molecule has 100 valence electrons. The number of nitrogens with one attached hydrogen (secondary N) is 1. The quantitative estimate of drug-likeness (QED) is 0.900.